The van der Waals surface area contributed by atoms with Gasteiger partial charge in [-0.3, -0.25) is 9.12 Å². The first-order valence-corrected chi connectivity index (χ1v) is 8.05. The third-order valence-electron chi connectivity index (χ3n) is 2.97. The van der Waals surface area contributed by atoms with Gasteiger partial charge in [-0.25, -0.2) is 4.98 Å². The lowest BCUT2D eigenvalue weighted by Gasteiger charge is -2.08. The standard InChI is InChI=1S/C14H12ClN3O2S/c1-10-5-4-6-11(9-10)17-21(19,20)14-13(15)16-12-7-2-3-8-18(12)14/h2-9,17H,1H3. The van der Waals surface area contributed by atoms with Gasteiger partial charge in [-0.15, -0.1) is 0 Å². The molecule has 5 nitrogen and oxygen atoms in total. The van der Waals surface area contributed by atoms with Crippen molar-refractivity contribution >= 4 is 33.0 Å². The van der Waals surface area contributed by atoms with Gasteiger partial charge in [0.25, 0.3) is 10.0 Å². The van der Waals surface area contributed by atoms with Gasteiger partial charge in [0.1, 0.15) is 5.65 Å². The number of imidazole rings is 1. The highest BCUT2D eigenvalue weighted by Crippen LogP contribution is 2.25. The predicted molar refractivity (Wildman–Crippen MR) is 82.2 cm³/mol. The van der Waals surface area contributed by atoms with E-state index in [1.807, 2.05) is 13.0 Å². The summed E-state index contributed by atoms with van der Waals surface area (Å²) in [6.45, 7) is 1.89. The van der Waals surface area contributed by atoms with E-state index in [1.165, 1.54) is 4.40 Å². The molecule has 0 atom stereocenters. The predicted octanol–water partition coefficient (Wildman–Crippen LogP) is 3.10. The third-order valence-corrected chi connectivity index (χ3v) is 4.75. The molecule has 108 valence electrons. The summed E-state index contributed by atoms with van der Waals surface area (Å²) in [5.74, 6) is 0. The van der Waals surface area contributed by atoms with Crippen molar-refractivity contribution in [3.05, 3.63) is 59.4 Å². The fraction of sp³-hybridized carbons (Fsp3) is 0.0714. The van der Waals surface area contributed by atoms with Crippen LogP contribution in [0, 0.1) is 6.92 Å². The van der Waals surface area contributed by atoms with Crippen LogP contribution in [0.5, 0.6) is 0 Å². The van der Waals surface area contributed by atoms with Crippen LogP contribution in [0.25, 0.3) is 5.65 Å². The SMILES string of the molecule is Cc1cccc(NS(=O)(=O)c2c(Cl)nc3ccccn23)c1. The van der Waals surface area contributed by atoms with Crippen LogP contribution in [-0.2, 0) is 10.0 Å². The summed E-state index contributed by atoms with van der Waals surface area (Å²) in [4.78, 5) is 4.05. The Morgan fingerprint density at radius 1 is 1.19 bits per heavy atom. The second-order valence-electron chi connectivity index (χ2n) is 4.61. The number of anilines is 1. The van der Waals surface area contributed by atoms with Crippen LogP contribution in [0.15, 0.2) is 53.7 Å². The molecule has 3 rings (SSSR count). The Hall–Kier alpha value is -2.05. The number of pyridine rings is 1. The number of hydrogen-bond donors (Lipinski definition) is 1. The maximum atomic E-state index is 12.6. The minimum Gasteiger partial charge on any atom is -0.288 e. The van der Waals surface area contributed by atoms with Crippen LogP contribution in [0.4, 0.5) is 5.69 Å². The molecule has 0 saturated heterocycles. The Morgan fingerprint density at radius 2 is 2.00 bits per heavy atom. The molecule has 21 heavy (non-hydrogen) atoms. The van der Waals surface area contributed by atoms with Crippen LogP contribution >= 0.6 is 11.6 Å². The number of nitrogens with one attached hydrogen (secondary N) is 1. The molecule has 1 aromatic carbocycles. The molecule has 2 aromatic heterocycles. The normalized spacial score (nSPS) is 11.7. The summed E-state index contributed by atoms with van der Waals surface area (Å²) in [5.41, 5.74) is 1.92. The summed E-state index contributed by atoms with van der Waals surface area (Å²) >= 11 is 6.00. The van der Waals surface area contributed by atoms with Gasteiger partial charge in [-0.1, -0.05) is 29.8 Å². The molecule has 1 N–H and O–H groups in total. The molecule has 0 unspecified atom stereocenters. The van der Waals surface area contributed by atoms with E-state index in [9.17, 15) is 8.42 Å². The van der Waals surface area contributed by atoms with Gasteiger partial charge in [0, 0.05) is 11.9 Å². The van der Waals surface area contributed by atoms with Crippen LogP contribution in [-0.4, -0.2) is 17.8 Å². The maximum absolute atomic E-state index is 12.6. The average molecular weight is 322 g/mol. The van der Waals surface area contributed by atoms with E-state index in [2.05, 4.69) is 9.71 Å². The van der Waals surface area contributed by atoms with E-state index in [0.717, 1.165) is 5.56 Å². The molecule has 0 amide bonds. The second kappa shape index (κ2) is 5.05. The Morgan fingerprint density at radius 3 is 2.76 bits per heavy atom. The number of aryl methyl sites for hydroxylation is 1. The molecule has 0 saturated carbocycles. The van der Waals surface area contributed by atoms with Gasteiger partial charge in [0.2, 0.25) is 0 Å². The van der Waals surface area contributed by atoms with Crippen molar-refractivity contribution in [2.75, 3.05) is 4.72 Å². The topological polar surface area (TPSA) is 63.5 Å². The molecule has 0 radical (unpaired) electrons. The van der Waals surface area contributed by atoms with E-state index >= 15 is 0 Å². The van der Waals surface area contributed by atoms with E-state index < -0.39 is 10.0 Å². The molecular weight excluding hydrogens is 310 g/mol. The second-order valence-corrected chi connectivity index (χ2v) is 6.57. The number of sulfonamides is 1. The highest BCUT2D eigenvalue weighted by Gasteiger charge is 2.24. The molecule has 3 aromatic rings. The number of rotatable bonds is 3. The van der Waals surface area contributed by atoms with Gasteiger partial charge >= 0.3 is 0 Å². The van der Waals surface area contributed by atoms with Crippen LogP contribution in [0.3, 0.4) is 0 Å². The summed E-state index contributed by atoms with van der Waals surface area (Å²) in [6, 6.07) is 12.3. The summed E-state index contributed by atoms with van der Waals surface area (Å²) in [6.07, 6.45) is 1.61. The van der Waals surface area contributed by atoms with E-state index in [4.69, 9.17) is 11.6 Å². The van der Waals surface area contributed by atoms with Crippen molar-refractivity contribution in [2.24, 2.45) is 0 Å². The fourth-order valence-corrected chi connectivity index (χ4v) is 3.79. The monoisotopic (exact) mass is 321 g/mol. The summed E-state index contributed by atoms with van der Waals surface area (Å²) in [7, 11) is -3.83. The third kappa shape index (κ3) is 2.59. The summed E-state index contributed by atoms with van der Waals surface area (Å²) < 4.78 is 29.1. The Bertz CT molecular complexity index is 919. The number of fused-ring (bicyclic) bond motifs is 1. The Balaban J connectivity index is 2.10. The molecule has 2 heterocycles. The number of nitrogens with zero attached hydrogens (tertiary/aromatic N) is 2. The average Bonchev–Trinajstić information content (AvgIpc) is 2.74. The lowest BCUT2D eigenvalue weighted by molar-refractivity contribution is 0.596. The highest BCUT2D eigenvalue weighted by molar-refractivity contribution is 7.92. The summed E-state index contributed by atoms with van der Waals surface area (Å²) in [5, 5.41) is -0.123. The van der Waals surface area contributed by atoms with Crippen LogP contribution in [0.2, 0.25) is 5.15 Å². The molecule has 0 spiro atoms. The molecule has 0 fully saturated rings. The first-order chi connectivity index (χ1) is 9.97. The van der Waals surface area contributed by atoms with Gasteiger partial charge in [-0.05, 0) is 36.8 Å². The van der Waals surface area contributed by atoms with E-state index in [0.29, 0.717) is 11.3 Å². The van der Waals surface area contributed by atoms with Crippen molar-refractivity contribution in [3.63, 3.8) is 0 Å². The van der Waals surface area contributed by atoms with Gasteiger partial charge < -0.3 is 0 Å². The van der Waals surface area contributed by atoms with E-state index in [-0.39, 0.29) is 10.2 Å². The lowest BCUT2D eigenvalue weighted by atomic mass is 10.2. The number of aromatic nitrogens is 2. The zero-order valence-corrected chi connectivity index (χ0v) is 12.7. The lowest BCUT2D eigenvalue weighted by Crippen LogP contribution is -2.15. The zero-order chi connectivity index (χ0) is 15.0. The van der Waals surface area contributed by atoms with Crippen molar-refractivity contribution in [3.8, 4) is 0 Å². The molecule has 0 aliphatic carbocycles. The van der Waals surface area contributed by atoms with Crippen molar-refractivity contribution < 1.29 is 8.42 Å². The first-order valence-electron chi connectivity index (χ1n) is 6.19. The maximum Gasteiger partial charge on any atom is 0.281 e. The van der Waals surface area contributed by atoms with Gasteiger partial charge in [-0.2, -0.15) is 8.42 Å². The molecule has 7 heteroatoms. The molecule has 0 bridgehead atoms. The number of benzene rings is 1. The minimum absolute atomic E-state index is 0.0543. The Kier molecular flexibility index (Phi) is 3.35. The first kappa shape index (κ1) is 13.9. The Labute approximate surface area is 127 Å². The molecular formula is C14H12ClN3O2S. The van der Waals surface area contributed by atoms with Crippen LogP contribution in [0.1, 0.15) is 5.56 Å². The number of hydrogen-bond acceptors (Lipinski definition) is 3. The smallest absolute Gasteiger partial charge is 0.281 e. The highest BCUT2D eigenvalue weighted by atomic mass is 35.5. The van der Waals surface area contributed by atoms with E-state index in [1.54, 1.807) is 42.6 Å². The fourth-order valence-electron chi connectivity index (χ4n) is 2.10. The van der Waals surface area contributed by atoms with Gasteiger partial charge in [0.05, 0.1) is 0 Å². The molecule has 0 aliphatic heterocycles. The van der Waals surface area contributed by atoms with Gasteiger partial charge in [0.15, 0.2) is 10.2 Å². The molecule has 0 aliphatic rings. The number of halogens is 1. The van der Waals surface area contributed by atoms with Crippen molar-refractivity contribution in [2.45, 2.75) is 11.9 Å². The largest absolute Gasteiger partial charge is 0.288 e. The minimum atomic E-state index is -3.83. The van der Waals surface area contributed by atoms with Crippen molar-refractivity contribution in [1.82, 2.24) is 9.38 Å². The van der Waals surface area contributed by atoms with Crippen LogP contribution < -0.4 is 4.72 Å². The zero-order valence-electron chi connectivity index (χ0n) is 11.1. The van der Waals surface area contributed by atoms with Crippen molar-refractivity contribution in [1.29, 1.82) is 0 Å². The quantitative estimate of drug-likeness (QED) is 0.806.